The van der Waals surface area contributed by atoms with E-state index in [1.807, 2.05) is 25.1 Å². The maximum Gasteiger partial charge on any atom is 0.272 e. The number of hydrogen-bond acceptors (Lipinski definition) is 2. The molecule has 0 aliphatic carbocycles. The number of hydrogen-bond donors (Lipinski definition) is 1. The molecule has 98 valence electrons. The van der Waals surface area contributed by atoms with Gasteiger partial charge in [0.1, 0.15) is 0 Å². The molecule has 0 unspecified atom stereocenters. The van der Waals surface area contributed by atoms with Crippen LogP contribution in [0.5, 0.6) is 0 Å². The van der Waals surface area contributed by atoms with Crippen molar-refractivity contribution >= 4 is 27.5 Å². The summed E-state index contributed by atoms with van der Waals surface area (Å²) in [6.45, 7) is 4.11. The largest absolute Gasteiger partial charge is 0.272 e. The normalized spacial score (nSPS) is 11.4. The van der Waals surface area contributed by atoms with Gasteiger partial charge < -0.3 is 0 Å². The van der Waals surface area contributed by atoms with Gasteiger partial charge >= 0.3 is 0 Å². The Hall–Kier alpha value is -1.16. The molecule has 0 aliphatic heterocycles. The summed E-state index contributed by atoms with van der Waals surface area (Å²) in [5.41, 5.74) is 4.15. The minimum Gasteiger partial charge on any atom is -0.267 e. The Bertz CT molecular complexity index is 430. The molecule has 1 N–H and O–H groups in total. The van der Waals surface area contributed by atoms with Crippen LogP contribution in [0.15, 0.2) is 33.8 Å². The lowest BCUT2D eigenvalue weighted by molar-refractivity contribution is 0.0954. The Labute approximate surface area is 117 Å². The van der Waals surface area contributed by atoms with Crippen molar-refractivity contribution < 1.29 is 4.79 Å². The molecule has 0 heterocycles. The van der Waals surface area contributed by atoms with Crippen LogP contribution in [0.2, 0.25) is 0 Å². The first-order valence-corrected chi connectivity index (χ1v) is 7.02. The monoisotopic (exact) mass is 310 g/mol. The van der Waals surface area contributed by atoms with Crippen LogP contribution in [-0.2, 0) is 0 Å². The Morgan fingerprint density at radius 1 is 1.33 bits per heavy atom. The molecule has 1 aromatic rings. The highest BCUT2D eigenvalue weighted by atomic mass is 79.9. The molecule has 0 spiro atoms. The number of carbonyl (C=O) groups excluding carboxylic acids is 1. The van der Waals surface area contributed by atoms with Crippen molar-refractivity contribution in [1.29, 1.82) is 0 Å². The van der Waals surface area contributed by atoms with E-state index in [1.165, 1.54) is 12.8 Å². The van der Waals surface area contributed by atoms with Gasteiger partial charge in [0, 0.05) is 10.2 Å². The van der Waals surface area contributed by atoms with E-state index < -0.39 is 0 Å². The van der Waals surface area contributed by atoms with E-state index in [2.05, 4.69) is 33.4 Å². The van der Waals surface area contributed by atoms with Gasteiger partial charge in [-0.05, 0) is 47.8 Å². The number of hydrazone groups is 1. The van der Waals surface area contributed by atoms with E-state index in [1.54, 1.807) is 6.07 Å². The zero-order valence-electron chi connectivity index (χ0n) is 10.9. The van der Waals surface area contributed by atoms with Gasteiger partial charge in [-0.15, -0.1) is 0 Å². The average Bonchev–Trinajstić information content (AvgIpc) is 2.37. The predicted molar refractivity (Wildman–Crippen MR) is 78.9 cm³/mol. The minimum atomic E-state index is -0.183. The van der Waals surface area contributed by atoms with Crippen molar-refractivity contribution in [2.24, 2.45) is 5.10 Å². The first-order chi connectivity index (χ1) is 8.65. The highest BCUT2D eigenvalue weighted by Crippen LogP contribution is 2.15. The maximum absolute atomic E-state index is 11.9. The summed E-state index contributed by atoms with van der Waals surface area (Å²) in [6, 6.07) is 7.31. The quantitative estimate of drug-likeness (QED) is 0.479. The molecule has 1 rings (SSSR count). The average molecular weight is 311 g/mol. The van der Waals surface area contributed by atoms with Crippen molar-refractivity contribution in [1.82, 2.24) is 5.43 Å². The second-order valence-electron chi connectivity index (χ2n) is 4.22. The predicted octanol–water partition coefficient (Wildman–Crippen LogP) is 4.14. The smallest absolute Gasteiger partial charge is 0.267 e. The van der Waals surface area contributed by atoms with Gasteiger partial charge in [0.15, 0.2) is 0 Å². The van der Waals surface area contributed by atoms with Gasteiger partial charge in [0.05, 0.1) is 5.56 Å². The third-order valence-electron chi connectivity index (χ3n) is 2.61. The molecule has 0 aromatic heterocycles. The molecular weight excluding hydrogens is 292 g/mol. The molecule has 0 bridgehead atoms. The highest BCUT2D eigenvalue weighted by molar-refractivity contribution is 9.10. The van der Waals surface area contributed by atoms with Crippen LogP contribution in [0.3, 0.4) is 0 Å². The van der Waals surface area contributed by atoms with Gasteiger partial charge in [0.25, 0.3) is 5.91 Å². The van der Waals surface area contributed by atoms with Gasteiger partial charge in [-0.2, -0.15) is 5.10 Å². The number of amides is 1. The first kappa shape index (κ1) is 14.9. The van der Waals surface area contributed by atoms with Crippen LogP contribution < -0.4 is 5.43 Å². The molecule has 0 aliphatic rings. The number of rotatable bonds is 6. The van der Waals surface area contributed by atoms with Crippen LogP contribution in [-0.4, -0.2) is 11.6 Å². The summed E-state index contributed by atoms with van der Waals surface area (Å²) in [5, 5.41) is 4.11. The van der Waals surface area contributed by atoms with E-state index in [-0.39, 0.29) is 5.91 Å². The van der Waals surface area contributed by atoms with Crippen LogP contribution in [0.25, 0.3) is 0 Å². The summed E-state index contributed by atoms with van der Waals surface area (Å²) in [4.78, 5) is 11.9. The SMILES string of the molecule is CCCCC/C(C)=N/NC(=O)c1ccccc1Br. The molecule has 0 radical (unpaired) electrons. The number of carbonyl (C=O) groups is 1. The Kier molecular flexibility index (Phi) is 6.65. The third kappa shape index (κ3) is 5.00. The molecule has 4 heteroatoms. The number of unbranched alkanes of at least 4 members (excludes halogenated alkanes) is 2. The standard InChI is InChI=1S/C14H19BrN2O/c1-3-4-5-8-11(2)16-17-14(18)12-9-6-7-10-13(12)15/h6-7,9-10H,3-5,8H2,1-2H3,(H,17,18)/b16-11+. The topological polar surface area (TPSA) is 41.5 Å². The molecule has 0 saturated heterocycles. The summed E-state index contributed by atoms with van der Waals surface area (Å²) >= 11 is 3.35. The molecule has 3 nitrogen and oxygen atoms in total. The molecule has 1 aromatic carbocycles. The molecule has 0 fully saturated rings. The second-order valence-corrected chi connectivity index (χ2v) is 5.08. The van der Waals surface area contributed by atoms with Crippen molar-refractivity contribution in [3.8, 4) is 0 Å². The van der Waals surface area contributed by atoms with E-state index in [4.69, 9.17) is 0 Å². The second kappa shape index (κ2) is 8.03. The van der Waals surface area contributed by atoms with Gasteiger partial charge in [-0.25, -0.2) is 5.43 Å². The first-order valence-electron chi connectivity index (χ1n) is 6.23. The highest BCUT2D eigenvalue weighted by Gasteiger charge is 2.07. The number of nitrogens with one attached hydrogen (secondary N) is 1. The van der Waals surface area contributed by atoms with Crippen molar-refractivity contribution in [2.75, 3.05) is 0 Å². The number of halogens is 1. The lowest BCUT2D eigenvalue weighted by Crippen LogP contribution is -2.19. The molecule has 1 amide bonds. The van der Waals surface area contributed by atoms with Gasteiger partial charge in [0.2, 0.25) is 0 Å². The van der Waals surface area contributed by atoms with Crippen molar-refractivity contribution in [2.45, 2.75) is 39.5 Å². The van der Waals surface area contributed by atoms with Crippen molar-refractivity contribution in [3.05, 3.63) is 34.3 Å². The summed E-state index contributed by atoms with van der Waals surface area (Å²) in [7, 11) is 0. The van der Waals surface area contributed by atoms with Crippen LogP contribution in [0, 0.1) is 0 Å². The minimum absolute atomic E-state index is 0.183. The Morgan fingerprint density at radius 2 is 2.06 bits per heavy atom. The lowest BCUT2D eigenvalue weighted by Gasteiger charge is -2.04. The van der Waals surface area contributed by atoms with Gasteiger partial charge in [-0.3, -0.25) is 4.79 Å². The van der Waals surface area contributed by atoms with Crippen LogP contribution in [0.4, 0.5) is 0 Å². The van der Waals surface area contributed by atoms with Gasteiger partial charge in [-0.1, -0.05) is 31.9 Å². The summed E-state index contributed by atoms with van der Waals surface area (Å²) in [6.07, 6.45) is 4.45. The van der Waals surface area contributed by atoms with Crippen LogP contribution in [0.1, 0.15) is 49.9 Å². The van der Waals surface area contributed by atoms with E-state index in [0.29, 0.717) is 5.56 Å². The zero-order valence-corrected chi connectivity index (χ0v) is 12.5. The molecular formula is C14H19BrN2O. The fourth-order valence-electron chi connectivity index (χ4n) is 1.54. The van der Waals surface area contributed by atoms with Crippen molar-refractivity contribution in [3.63, 3.8) is 0 Å². The number of nitrogens with zero attached hydrogens (tertiary/aromatic N) is 1. The van der Waals surface area contributed by atoms with E-state index in [0.717, 1.165) is 23.0 Å². The fourth-order valence-corrected chi connectivity index (χ4v) is 2.00. The number of benzene rings is 1. The third-order valence-corrected chi connectivity index (χ3v) is 3.30. The van der Waals surface area contributed by atoms with Crippen LogP contribution >= 0.6 is 15.9 Å². The summed E-state index contributed by atoms with van der Waals surface area (Å²) < 4.78 is 0.779. The van der Waals surface area contributed by atoms with E-state index >= 15 is 0 Å². The molecule has 0 atom stereocenters. The molecule has 0 saturated carbocycles. The summed E-state index contributed by atoms with van der Waals surface area (Å²) in [5.74, 6) is -0.183. The fraction of sp³-hybridized carbons (Fsp3) is 0.429. The van der Waals surface area contributed by atoms with E-state index in [9.17, 15) is 4.79 Å². The zero-order chi connectivity index (χ0) is 13.4. The maximum atomic E-state index is 11.9. The lowest BCUT2D eigenvalue weighted by atomic mass is 10.1. The Morgan fingerprint density at radius 3 is 2.72 bits per heavy atom. The molecule has 18 heavy (non-hydrogen) atoms. The Balaban J connectivity index is 2.50.